The molecule has 1 amide bonds. The molecule has 0 radical (unpaired) electrons. The minimum Gasteiger partial charge on any atom is -0.453 e. The van der Waals surface area contributed by atoms with Gasteiger partial charge in [0.1, 0.15) is 11.6 Å². The number of benzene rings is 1. The number of nitrogens with one attached hydrogen (secondary N) is 2. The van der Waals surface area contributed by atoms with Crippen molar-refractivity contribution in [3.8, 4) is 6.07 Å². The van der Waals surface area contributed by atoms with Crippen molar-refractivity contribution in [1.29, 1.82) is 5.26 Å². The molecule has 0 unspecified atom stereocenters. The molecular weight excluding hydrogens is 384 g/mol. The molecular formula is C20H19F2N3O4. The molecule has 1 heterocycles. The molecule has 2 N–H and O–H groups in total. The van der Waals surface area contributed by atoms with Gasteiger partial charge in [0.15, 0.2) is 17.7 Å². The third kappa shape index (κ3) is 5.25. The Morgan fingerprint density at radius 3 is 2.59 bits per heavy atom. The second kappa shape index (κ2) is 9.10. The van der Waals surface area contributed by atoms with E-state index in [0.717, 1.165) is 12.1 Å². The highest BCUT2D eigenvalue weighted by molar-refractivity contribution is 5.95. The van der Waals surface area contributed by atoms with Gasteiger partial charge in [-0.15, -0.1) is 0 Å². The molecule has 0 aliphatic carbocycles. The van der Waals surface area contributed by atoms with E-state index in [1.807, 2.05) is 6.07 Å². The van der Waals surface area contributed by atoms with E-state index in [4.69, 9.17) is 10.00 Å². The van der Waals surface area contributed by atoms with Crippen molar-refractivity contribution < 1.29 is 23.1 Å². The van der Waals surface area contributed by atoms with Gasteiger partial charge >= 0.3 is 5.97 Å². The first-order valence-corrected chi connectivity index (χ1v) is 8.71. The lowest BCUT2D eigenvalue weighted by atomic mass is 9.99. The number of carbonyl (C=O) groups is 2. The summed E-state index contributed by atoms with van der Waals surface area (Å²) < 4.78 is 31.2. The molecule has 1 atom stereocenters. The standard InChI is InChI=1S/C20H19F2N3O4/c1-10-14(11(2)24-20(28)15(10)9-23)5-7-18(26)29-12(3)19(27)25-13-4-6-16(21)17(22)8-13/h4,6,8,12H,5,7H2,1-3H3,(H,24,28)(H,25,27)/t12-/m0/s1. The third-order valence-electron chi connectivity index (χ3n) is 4.36. The second-order valence-electron chi connectivity index (χ2n) is 6.42. The van der Waals surface area contributed by atoms with Gasteiger partial charge in [-0.2, -0.15) is 5.26 Å². The van der Waals surface area contributed by atoms with Gasteiger partial charge in [-0.25, -0.2) is 8.78 Å². The van der Waals surface area contributed by atoms with E-state index in [2.05, 4.69) is 10.3 Å². The second-order valence-corrected chi connectivity index (χ2v) is 6.42. The third-order valence-corrected chi connectivity index (χ3v) is 4.36. The Bertz CT molecular complexity index is 1060. The molecule has 2 aromatic rings. The number of pyridine rings is 1. The van der Waals surface area contributed by atoms with E-state index in [1.54, 1.807) is 13.8 Å². The summed E-state index contributed by atoms with van der Waals surface area (Å²) in [5, 5.41) is 11.4. The molecule has 0 spiro atoms. The lowest BCUT2D eigenvalue weighted by Gasteiger charge is -2.15. The van der Waals surface area contributed by atoms with Crippen LogP contribution in [0.2, 0.25) is 0 Å². The van der Waals surface area contributed by atoms with Crippen LogP contribution in [0, 0.1) is 36.8 Å². The summed E-state index contributed by atoms with van der Waals surface area (Å²) in [6.45, 7) is 4.63. The Hall–Kier alpha value is -3.54. The quantitative estimate of drug-likeness (QED) is 0.720. The summed E-state index contributed by atoms with van der Waals surface area (Å²) in [6.07, 6.45) is -1.04. The van der Waals surface area contributed by atoms with Gasteiger partial charge in [0, 0.05) is 23.9 Å². The molecule has 7 nitrogen and oxygen atoms in total. The number of nitrogens with zero attached hydrogens (tertiary/aromatic N) is 1. The highest BCUT2D eigenvalue weighted by Gasteiger charge is 2.20. The number of rotatable bonds is 6. The Morgan fingerprint density at radius 2 is 1.97 bits per heavy atom. The first-order valence-electron chi connectivity index (χ1n) is 8.71. The van der Waals surface area contributed by atoms with Gasteiger partial charge in [-0.3, -0.25) is 14.4 Å². The van der Waals surface area contributed by atoms with Crippen LogP contribution in [0.5, 0.6) is 0 Å². The van der Waals surface area contributed by atoms with Gasteiger partial charge in [0.25, 0.3) is 11.5 Å². The zero-order valence-corrected chi connectivity index (χ0v) is 16.1. The number of nitriles is 1. The van der Waals surface area contributed by atoms with Crippen LogP contribution in [-0.2, 0) is 20.7 Å². The Labute approximate surface area is 165 Å². The van der Waals surface area contributed by atoms with Crippen molar-refractivity contribution in [3.05, 3.63) is 62.6 Å². The summed E-state index contributed by atoms with van der Waals surface area (Å²) in [6, 6.07) is 4.70. The number of aryl methyl sites for hydroxylation is 1. The van der Waals surface area contributed by atoms with E-state index in [0.29, 0.717) is 16.8 Å². The lowest BCUT2D eigenvalue weighted by molar-refractivity contribution is -0.153. The molecule has 9 heteroatoms. The number of hydrogen-bond acceptors (Lipinski definition) is 5. The predicted octanol–water partition coefficient (Wildman–Crippen LogP) is 2.64. The molecule has 1 aromatic heterocycles. The number of H-pyrrole nitrogens is 1. The van der Waals surface area contributed by atoms with Gasteiger partial charge < -0.3 is 15.0 Å². The Balaban J connectivity index is 1.97. The molecule has 1 aromatic carbocycles. The van der Waals surface area contributed by atoms with Crippen molar-refractivity contribution in [2.75, 3.05) is 5.32 Å². The fourth-order valence-corrected chi connectivity index (χ4v) is 2.77. The number of amides is 1. The maximum Gasteiger partial charge on any atom is 0.306 e. The fourth-order valence-electron chi connectivity index (χ4n) is 2.77. The van der Waals surface area contributed by atoms with Crippen LogP contribution in [0.1, 0.15) is 35.7 Å². The van der Waals surface area contributed by atoms with Crippen LogP contribution in [0.4, 0.5) is 14.5 Å². The van der Waals surface area contributed by atoms with Gasteiger partial charge in [0.2, 0.25) is 0 Å². The van der Waals surface area contributed by atoms with E-state index < -0.39 is 35.2 Å². The fraction of sp³-hybridized carbons (Fsp3) is 0.300. The Kier molecular flexibility index (Phi) is 6.83. The van der Waals surface area contributed by atoms with Crippen LogP contribution in [0.15, 0.2) is 23.0 Å². The number of carbonyl (C=O) groups excluding carboxylic acids is 2. The van der Waals surface area contributed by atoms with Crippen LogP contribution in [-0.4, -0.2) is 23.0 Å². The minimum absolute atomic E-state index is 0.0155. The molecule has 0 saturated carbocycles. The zero-order chi connectivity index (χ0) is 21.7. The van der Waals surface area contributed by atoms with Crippen molar-refractivity contribution in [3.63, 3.8) is 0 Å². The van der Waals surface area contributed by atoms with Crippen molar-refractivity contribution in [2.45, 2.75) is 39.7 Å². The van der Waals surface area contributed by atoms with E-state index in [1.165, 1.54) is 13.0 Å². The average Bonchev–Trinajstić information content (AvgIpc) is 2.64. The topological polar surface area (TPSA) is 112 Å². The maximum atomic E-state index is 13.2. The number of esters is 1. The monoisotopic (exact) mass is 403 g/mol. The number of aromatic nitrogens is 1. The van der Waals surface area contributed by atoms with Gasteiger partial charge in [-0.1, -0.05) is 0 Å². The number of hydrogen-bond donors (Lipinski definition) is 2. The molecule has 0 bridgehead atoms. The summed E-state index contributed by atoms with van der Waals surface area (Å²) >= 11 is 0. The largest absolute Gasteiger partial charge is 0.453 e. The van der Waals surface area contributed by atoms with Gasteiger partial charge in [0.05, 0.1) is 0 Å². The van der Waals surface area contributed by atoms with Crippen molar-refractivity contribution >= 4 is 17.6 Å². The van der Waals surface area contributed by atoms with Crippen LogP contribution >= 0.6 is 0 Å². The first kappa shape index (κ1) is 21.8. The minimum atomic E-state index is -1.16. The van der Waals surface area contributed by atoms with Crippen LogP contribution < -0.4 is 10.9 Å². The highest BCUT2D eigenvalue weighted by Crippen LogP contribution is 2.16. The van der Waals surface area contributed by atoms with Crippen LogP contribution in [0.3, 0.4) is 0 Å². The molecule has 0 saturated heterocycles. The maximum absolute atomic E-state index is 13.2. The van der Waals surface area contributed by atoms with E-state index >= 15 is 0 Å². The number of aromatic amines is 1. The summed E-state index contributed by atoms with van der Waals surface area (Å²) in [4.78, 5) is 38.4. The summed E-state index contributed by atoms with van der Waals surface area (Å²) in [5.74, 6) is -3.53. The van der Waals surface area contributed by atoms with Crippen LogP contribution in [0.25, 0.3) is 0 Å². The summed E-state index contributed by atoms with van der Waals surface area (Å²) in [5.41, 5.74) is 1.21. The summed E-state index contributed by atoms with van der Waals surface area (Å²) in [7, 11) is 0. The molecule has 0 fully saturated rings. The number of anilines is 1. The molecule has 0 aliphatic heterocycles. The van der Waals surface area contributed by atoms with Gasteiger partial charge in [-0.05, 0) is 50.5 Å². The lowest BCUT2D eigenvalue weighted by Crippen LogP contribution is -2.30. The highest BCUT2D eigenvalue weighted by atomic mass is 19.2. The Morgan fingerprint density at radius 1 is 1.28 bits per heavy atom. The van der Waals surface area contributed by atoms with Crippen molar-refractivity contribution in [1.82, 2.24) is 4.98 Å². The molecule has 2 rings (SSSR count). The number of halogens is 2. The van der Waals surface area contributed by atoms with E-state index in [9.17, 15) is 23.2 Å². The van der Waals surface area contributed by atoms with Crippen molar-refractivity contribution in [2.24, 2.45) is 0 Å². The normalized spacial score (nSPS) is 11.4. The first-order chi connectivity index (χ1) is 13.6. The predicted molar refractivity (Wildman–Crippen MR) is 100 cm³/mol. The molecule has 0 aliphatic rings. The zero-order valence-electron chi connectivity index (χ0n) is 16.1. The molecule has 152 valence electrons. The smallest absolute Gasteiger partial charge is 0.306 e. The average molecular weight is 403 g/mol. The molecule has 29 heavy (non-hydrogen) atoms. The SMILES string of the molecule is Cc1[nH]c(=O)c(C#N)c(C)c1CCC(=O)O[C@@H](C)C(=O)Nc1ccc(F)c(F)c1. The van der Waals surface area contributed by atoms with E-state index in [-0.39, 0.29) is 24.1 Å². The number of ether oxygens (including phenoxy) is 1.